The number of carbonyl (C=O) groups is 2. The highest BCUT2D eigenvalue weighted by atomic mass is 32.1. The topological polar surface area (TPSA) is 80.3 Å². The summed E-state index contributed by atoms with van der Waals surface area (Å²) in [5.41, 5.74) is 4.22. The van der Waals surface area contributed by atoms with Gasteiger partial charge < -0.3 is 15.4 Å². The number of hydrogen-bond donors (Lipinski definition) is 2. The monoisotopic (exact) mass is 471 g/mol. The van der Waals surface area contributed by atoms with Gasteiger partial charge in [-0.1, -0.05) is 24.3 Å². The molecule has 1 aliphatic rings. The maximum atomic E-state index is 12.7. The first kappa shape index (κ1) is 22.1. The molecule has 6 nitrogen and oxygen atoms in total. The van der Waals surface area contributed by atoms with Gasteiger partial charge in [-0.05, 0) is 67.3 Å². The molecule has 1 aromatic heterocycles. The summed E-state index contributed by atoms with van der Waals surface area (Å²) >= 11 is 1.54. The highest BCUT2D eigenvalue weighted by Crippen LogP contribution is 2.31. The molecule has 172 valence electrons. The Hall–Kier alpha value is -3.71. The summed E-state index contributed by atoms with van der Waals surface area (Å²) in [5, 5.41) is 6.85. The highest BCUT2D eigenvalue weighted by molar-refractivity contribution is 7.21. The van der Waals surface area contributed by atoms with Gasteiger partial charge in [0.1, 0.15) is 10.8 Å². The fourth-order valence-electron chi connectivity index (χ4n) is 3.66. The van der Waals surface area contributed by atoms with Crippen LogP contribution in [0, 0.1) is 0 Å². The Morgan fingerprint density at radius 1 is 0.971 bits per heavy atom. The Bertz CT molecular complexity index is 1330. The van der Waals surface area contributed by atoms with Crippen LogP contribution in [0.2, 0.25) is 0 Å². The van der Waals surface area contributed by atoms with Crippen LogP contribution in [-0.4, -0.2) is 36.5 Å². The van der Waals surface area contributed by atoms with Crippen molar-refractivity contribution in [2.75, 3.05) is 13.7 Å². The maximum absolute atomic E-state index is 12.7. The van der Waals surface area contributed by atoms with Crippen molar-refractivity contribution in [2.45, 2.75) is 25.3 Å². The van der Waals surface area contributed by atoms with E-state index in [9.17, 15) is 9.59 Å². The van der Waals surface area contributed by atoms with Crippen LogP contribution in [0.3, 0.4) is 0 Å². The van der Waals surface area contributed by atoms with Gasteiger partial charge in [-0.3, -0.25) is 9.59 Å². The van der Waals surface area contributed by atoms with Crippen LogP contribution in [0.4, 0.5) is 0 Å². The molecule has 2 N–H and O–H groups in total. The van der Waals surface area contributed by atoms with Gasteiger partial charge >= 0.3 is 0 Å². The minimum Gasteiger partial charge on any atom is -0.497 e. The van der Waals surface area contributed by atoms with Gasteiger partial charge in [0.15, 0.2) is 0 Å². The van der Waals surface area contributed by atoms with Crippen LogP contribution < -0.4 is 15.4 Å². The third-order valence-corrected chi connectivity index (χ3v) is 6.88. The molecule has 1 aliphatic carbocycles. The van der Waals surface area contributed by atoms with E-state index in [0.717, 1.165) is 51.4 Å². The van der Waals surface area contributed by atoms with Crippen molar-refractivity contribution in [3.05, 3.63) is 83.4 Å². The Morgan fingerprint density at radius 3 is 2.41 bits per heavy atom. The zero-order valence-electron chi connectivity index (χ0n) is 18.8. The van der Waals surface area contributed by atoms with E-state index in [-0.39, 0.29) is 11.8 Å². The summed E-state index contributed by atoms with van der Waals surface area (Å²) in [6.07, 6.45) is 2.88. The van der Waals surface area contributed by atoms with Crippen molar-refractivity contribution in [3.63, 3.8) is 0 Å². The number of benzene rings is 3. The Labute approximate surface area is 202 Å². The molecule has 1 fully saturated rings. The van der Waals surface area contributed by atoms with Gasteiger partial charge in [0, 0.05) is 29.3 Å². The first-order valence-electron chi connectivity index (χ1n) is 11.3. The number of carbonyl (C=O) groups excluding carboxylic acids is 2. The quantitative estimate of drug-likeness (QED) is 0.386. The maximum Gasteiger partial charge on any atom is 0.251 e. The van der Waals surface area contributed by atoms with E-state index in [0.29, 0.717) is 23.7 Å². The molecule has 5 rings (SSSR count). The number of methoxy groups -OCH3 is 1. The first-order chi connectivity index (χ1) is 16.6. The third-order valence-electron chi connectivity index (χ3n) is 5.82. The van der Waals surface area contributed by atoms with E-state index in [1.165, 1.54) is 11.3 Å². The molecule has 0 spiro atoms. The predicted octanol–water partition coefficient (Wildman–Crippen LogP) is 4.84. The van der Waals surface area contributed by atoms with Crippen molar-refractivity contribution in [1.82, 2.24) is 15.6 Å². The van der Waals surface area contributed by atoms with E-state index in [2.05, 4.69) is 10.6 Å². The molecule has 0 unspecified atom stereocenters. The molecular weight excluding hydrogens is 446 g/mol. The van der Waals surface area contributed by atoms with Crippen LogP contribution in [0.25, 0.3) is 20.8 Å². The average molecular weight is 472 g/mol. The van der Waals surface area contributed by atoms with Gasteiger partial charge in [-0.2, -0.15) is 0 Å². The van der Waals surface area contributed by atoms with Gasteiger partial charge in [0.2, 0.25) is 0 Å². The highest BCUT2D eigenvalue weighted by Gasteiger charge is 2.23. The minimum absolute atomic E-state index is 0.0269. The van der Waals surface area contributed by atoms with E-state index >= 15 is 0 Å². The summed E-state index contributed by atoms with van der Waals surface area (Å²) in [7, 11) is 1.64. The van der Waals surface area contributed by atoms with Gasteiger partial charge in [-0.25, -0.2) is 4.98 Å². The van der Waals surface area contributed by atoms with Gasteiger partial charge in [-0.15, -0.1) is 11.3 Å². The van der Waals surface area contributed by atoms with Crippen LogP contribution >= 0.6 is 11.3 Å². The van der Waals surface area contributed by atoms with E-state index in [1.54, 1.807) is 13.2 Å². The van der Waals surface area contributed by atoms with Crippen LogP contribution in [0.5, 0.6) is 5.75 Å². The van der Waals surface area contributed by atoms with Crippen LogP contribution in [0.1, 0.15) is 39.1 Å². The molecule has 0 saturated heterocycles. The lowest BCUT2D eigenvalue weighted by atomic mass is 10.1. The molecule has 0 radical (unpaired) electrons. The predicted molar refractivity (Wildman–Crippen MR) is 135 cm³/mol. The smallest absolute Gasteiger partial charge is 0.251 e. The number of aromatic nitrogens is 1. The minimum atomic E-state index is -0.101. The lowest BCUT2D eigenvalue weighted by molar-refractivity contribution is 0.0944. The van der Waals surface area contributed by atoms with Crippen LogP contribution in [-0.2, 0) is 6.42 Å². The number of nitrogens with one attached hydrogen (secondary N) is 2. The summed E-state index contributed by atoms with van der Waals surface area (Å²) < 4.78 is 6.13. The van der Waals surface area contributed by atoms with E-state index in [1.807, 2.05) is 60.7 Å². The standard InChI is InChI=1S/C27H25N3O3S/c1-33-22-11-2-17(3-12-22)14-15-28-25(31)20-8-13-23-24(16-20)34-27(30-23)19-6-4-18(5-7-19)26(32)29-21-9-10-21/h2-8,11-13,16,21H,9-10,14-15H2,1H3,(H,28,31)(H,29,32). The molecule has 4 aromatic rings. The number of hydrogen-bond acceptors (Lipinski definition) is 5. The molecule has 0 aliphatic heterocycles. The SMILES string of the molecule is COc1ccc(CCNC(=O)c2ccc3nc(-c4ccc(C(=O)NC5CC5)cc4)sc3c2)cc1. The van der Waals surface area contributed by atoms with Crippen molar-refractivity contribution < 1.29 is 14.3 Å². The molecule has 2 amide bonds. The molecular formula is C27H25N3O3S. The average Bonchev–Trinajstić information content (AvgIpc) is 3.58. The Morgan fingerprint density at radius 2 is 1.71 bits per heavy atom. The number of nitrogens with zero attached hydrogens (tertiary/aromatic N) is 1. The lowest BCUT2D eigenvalue weighted by Gasteiger charge is -2.06. The number of amides is 2. The van der Waals surface area contributed by atoms with Crippen LogP contribution in [0.15, 0.2) is 66.7 Å². The lowest BCUT2D eigenvalue weighted by Crippen LogP contribution is -2.25. The van der Waals surface area contributed by atoms with Gasteiger partial charge in [0.05, 0.1) is 17.3 Å². The molecule has 3 aromatic carbocycles. The largest absolute Gasteiger partial charge is 0.497 e. The molecule has 1 heterocycles. The number of thiazole rings is 1. The summed E-state index contributed by atoms with van der Waals surface area (Å²) in [6, 6.07) is 21.3. The fraction of sp³-hybridized carbons (Fsp3) is 0.222. The zero-order valence-corrected chi connectivity index (χ0v) is 19.7. The van der Waals surface area contributed by atoms with E-state index in [4.69, 9.17) is 9.72 Å². The van der Waals surface area contributed by atoms with Gasteiger partial charge in [0.25, 0.3) is 11.8 Å². The van der Waals surface area contributed by atoms with Crippen molar-refractivity contribution in [2.24, 2.45) is 0 Å². The first-order valence-corrected chi connectivity index (χ1v) is 12.1. The fourth-order valence-corrected chi connectivity index (χ4v) is 4.67. The van der Waals surface area contributed by atoms with Crippen molar-refractivity contribution in [1.29, 1.82) is 0 Å². The van der Waals surface area contributed by atoms with E-state index < -0.39 is 0 Å². The number of fused-ring (bicyclic) bond motifs is 1. The molecule has 7 heteroatoms. The second kappa shape index (κ2) is 9.65. The summed E-state index contributed by atoms with van der Waals surface area (Å²) in [5.74, 6) is 0.692. The second-order valence-electron chi connectivity index (χ2n) is 8.38. The molecule has 0 bridgehead atoms. The molecule has 34 heavy (non-hydrogen) atoms. The summed E-state index contributed by atoms with van der Waals surface area (Å²) in [6.45, 7) is 0.553. The Balaban J connectivity index is 1.23. The molecule has 0 atom stereocenters. The Kier molecular flexibility index (Phi) is 6.27. The van der Waals surface area contributed by atoms with Crippen molar-refractivity contribution >= 4 is 33.4 Å². The second-order valence-corrected chi connectivity index (χ2v) is 9.41. The molecule has 1 saturated carbocycles. The number of rotatable bonds is 8. The normalized spacial score (nSPS) is 13.0. The summed E-state index contributed by atoms with van der Waals surface area (Å²) in [4.78, 5) is 29.6. The zero-order chi connectivity index (χ0) is 23.5. The third kappa shape index (κ3) is 5.10. The number of ether oxygens (including phenoxy) is 1. The van der Waals surface area contributed by atoms with Crippen molar-refractivity contribution in [3.8, 4) is 16.3 Å².